The van der Waals surface area contributed by atoms with Crippen molar-refractivity contribution in [1.82, 2.24) is 16.0 Å². The van der Waals surface area contributed by atoms with E-state index < -0.39 is 18.1 Å². The molecule has 2 unspecified atom stereocenters. The first-order valence-electron chi connectivity index (χ1n) is 8.76. The van der Waals surface area contributed by atoms with Gasteiger partial charge in [-0.1, -0.05) is 0 Å². The van der Waals surface area contributed by atoms with Gasteiger partial charge < -0.3 is 25.4 Å². The fourth-order valence-corrected chi connectivity index (χ4v) is 3.28. The number of methoxy groups -OCH3 is 1. The highest BCUT2D eigenvalue weighted by Crippen LogP contribution is 2.20. The Morgan fingerprint density at radius 1 is 1.36 bits per heavy atom. The van der Waals surface area contributed by atoms with E-state index in [1.165, 1.54) is 7.11 Å². The fourth-order valence-electron chi connectivity index (χ4n) is 3.28. The molecular formula is C17H29N3O5. The maximum absolute atomic E-state index is 12.5. The number of hydrogen-bond donors (Lipinski definition) is 3. The van der Waals surface area contributed by atoms with Crippen LogP contribution in [0, 0.1) is 5.92 Å². The maximum atomic E-state index is 12.5. The molecule has 0 aromatic rings. The van der Waals surface area contributed by atoms with Crippen LogP contribution in [0.2, 0.25) is 0 Å². The molecular weight excluding hydrogens is 326 g/mol. The molecule has 142 valence electrons. The van der Waals surface area contributed by atoms with Gasteiger partial charge in [-0.05, 0) is 40.0 Å². The first-order chi connectivity index (χ1) is 11.7. The molecule has 0 aromatic carbocycles. The molecule has 0 aromatic heterocycles. The molecule has 0 saturated carbocycles. The highest BCUT2D eigenvalue weighted by atomic mass is 16.5. The van der Waals surface area contributed by atoms with E-state index in [1.54, 1.807) is 0 Å². The molecule has 0 radical (unpaired) electrons. The van der Waals surface area contributed by atoms with Gasteiger partial charge in [0.05, 0.1) is 24.9 Å². The number of amides is 2. The summed E-state index contributed by atoms with van der Waals surface area (Å²) in [5.41, 5.74) is -0.276. The van der Waals surface area contributed by atoms with E-state index in [4.69, 9.17) is 9.47 Å². The number of carbonyl (C=O) groups excluding carboxylic acids is 3. The van der Waals surface area contributed by atoms with E-state index in [-0.39, 0.29) is 35.9 Å². The zero-order valence-electron chi connectivity index (χ0n) is 15.4. The molecule has 8 heteroatoms. The van der Waals surface area contributed by atoms with Crippen LogP contribution < -0.4 is 16.0 Å². The maximum Gasteiger partial charge on any atom is 0.328 e. The highest BCUT2D eigenvalue weighted by molar-refractivity contribution is 5.88. The normalized spacial score (nSPS) is 27.7. The van der Waals surface area contributed by atoms with Crippen molar-refractivity contribution in [3.8, 4) is 0 Å². The Bertz CT molecular complexity index is 517. The van der Waals surface area contributed by atoms with Crippen molar-refractivity contribution in [2.75, 3.05) is 20.2 Å². The lowest BCUT2D eigenvalue weighted by atomic mass is 9.98. The summed E-state index contributed by atoms with van der Waals surface area (Å²) < 4.78 is 10.7. The van der Waals surface area contributed by atoms with Gasteiger partial charge in [-0.3, -0.25) is 9.59 Å². The number of rotatable bonds is 6. The Hall–Kier alpha value is -1.67. The summed E-state index contributed by atoms with van der Waals surface area (Å²) in [5, 5.41) is 8.59. The number of hydrogen-bond acceptors (Lipinski definition) is 6. The third kappa shape index (κ3) is 5.67. The lowest BCUT2D eigenvalue weighted by Gasteiger charge is -2.24. The molecule has 0 spiro atoms. The van der Waals surface area contributed by atoms with Crippen molar-refractivity contribution in [1.29, 1.82) is 0 Å². The minimum absolute atomic E-state index is 0.0482. The van der Waals surface area contributed by atoms with E-state index in [9.17, 15) is 14.4 Å². The zero-order chi connectivity index (χ0) is 18.6. The lowest BCUT2D eigenvalue weighted by molar-refractivity contribution is -0.146. The highest BCUT2D eigenvalue weighted by Gasteiger charge is 2.36. The van der Waals surface area contributed by atoms with Gasteiger partial charge in [0.2, 0.25) is 11.8 Å². The van der Waals surface area contributed by atoms with Crippen LogP contribution in [0.15, 0.2) is 0 Å². The number of nitrogens with one attached hydrogen (secondary N) is 3. The molecule has 0 aliphatic carbocycles. The topological polar surface area (TPSA) is 106 Å². The van der Waals surface area contributed by atoms with Gasteiger partial charge in [0.15, 0.2) is 0 Å². The minimum atomic E-state index is -0.823. The number of esters is 1. The van der Waals surface area contributed by atoms with Gasteiger partial charge in [-0.2, -0.15) is 0 Å². The Labute approximate surface area is 148 Å². The number of carbonyl (C=O) groups is 3. The van der Waals surface area contributed by atoms with Crippen LogP contribution in [0.5, 0.6) is 0 Å². The van der Waals surface area contributed by atoms with Gasteiger partial charge in [0.1, 0.15) is 6.04 Å². The smallest absolute Gasteiger partial charge is 0.328 e. The van der Waals surface area contributed by atoms with Gasteiger partial charge in [0.25, 0.3) is 0 Å². The van der Waals surface area contributed by atoms with Crippen molar-refractivity contribution in [3.63, 3.8) is 0 Å². The Balaban J connectivity index is 1.91. The van der Waals surface area contributed by atoms with Crippen LogP contribution in [0.3, 0.4) is 0 Å². The lowest BCUT2D eigenvalue weighted by Crippen LogP contribution is -2.49. The van der Waals surface area contributed by atoms with E-state index in [2.05, 4.69) is 16.0 Å². The molecule has 2 rings (SSSR count). The van der Waals surface area contributed by atoms with E-state index in [1.807, 2.05) is 20.8 Å². The summed E-state index contributed by atoms with van der Waals surface area (Å²) in [6.07, 6.45) is 1.40. The second-order valence-electron chi connectivity index (χ2n) is 7.65. The summed E-state index contributed by atoms with van der Waals surface area (Å²) in [7, 11) is 1.28. The Morgan fingerprint density at radius 2 is 2.08 bits per heavy atom. The fraction of sp³-hybridized carbons (Fsp3) is 0.824. The molecule has 2 fully saturated rings. The molecule has 0 bridgehead atoms. The second kappa shape index (κ2) is 8.14. The zero-order valence-corrected chi connectivity index (χ0v) is 15.4. The second-order valence-corrected chi connectivity index (χ2v) is 7.65. The first kappa shape index (κ1) is 19.7. The van der Waals surface area contributed by atoms with Crippen LogP contribution in [0.1, 0.15) is 40.0 Å². The molecule has 2 aliphatic heterocycles. The van der Waals surface area contributed by atoms with Crippen molar-refractivity contribution in [2.45, 2.75) is 63.8 Å². The minimum Gasteiger partial charge on any atom is -0.467 e. The van der Waals surface area contributed by atoms with Gasteiger partial charge in [-0.15, -0.1) is 0 Å². The summed E-state index contributed by atoms with van der Waals surface area (Å²) in [6, 6.07) is -1.24. The van der Waals surface area contributed by atoms with Crippen LogP contribution in [0.25, 0.3) is 0 Å². The molecule has 8 nitrogen and oxygen atoms in total. The van der Waals surface area contributed by atoms with Crippen molar-refractivity contribution >= 4 is 17.8 Å². The average Bonchev–Trinajstić information content (AvgIpc) is 3.13. The standard InChI is InChI=1S/C17H29N3O5/c1-17(2,3)25-11-8-12(19-9-11)15(22)20-13(16(23)24-4)7-10-5-6-18-14(10)21/h10-13,19H,5-9H2,1-4H3,(H,18,21)(H,20,22)/t10?,11-,12+,13?/m1/s1. The Kier molecular flexibility index (Phi) is 6.40. The van der Waals surface area contributed by atoms with Crippen LogP contribution in [0.4, 0.5) is 0 Å². The predicted molar refractivity (Wildman–Crippen MR) is 90.7 cm³/mol. The monoisotopic (exact) mass is 355 g/mol. The van der Waals surface area contributed by atoms with E-state index >= 15 is 0 Å². The van der Waals surface area contributed by atoms with Crippen molar-refractivity contribution in [2.24, 2.45) is 5.92 Å². The predicted octanol–water partition coefficient (Wildman–Crippen LogP) is -0.284. The van der Waals surface area contributed by atoms with Crippen LogP contribution in [-0.4, -0.2) is 61.8 Å². The molecule has 2 amide bonds. The van der Waals surface area contributed by atoms with E-state index in [0.29, 0.717) is 25.9 Å². The van der Waals surface area contributed by atoms with Gasteiger partial charge >= 0.3 is 5.97 Å². The third-order valence-corrected chi connectivity index (χ3v) is 4.41. The van der Waals surface area contributed by atoms with Crippen LogP contribution in [-0.2, 0) is 23.9 Å². The molecule has 4 atom stereocenters. The average molecular weight is 355 g/mol. The number of ether oxygens (including phenoxy) is 2. The first-order valence-corrected chi connectivity index (χ1v) is 8.76. The molecule has 2 heterocycles. The van der Waals surface area contributed by atoms with Crippen molar-refractivity contribution in [3.05, 3.63) is 0 Å². The molecule has 3 N–H and O–H groups in total. The van der Waals surface area contributed by atoms with Crippen LogP contribution >= 0.6 is 0 Å². The third-order valence-electron chi connectivity index (χ3n) is 4.41. The van der Waals surface area contributed by atoms with Crippen molar-refractivity contribution < 1.29 is 23.9 Å². The summed E-state index contributed by atoms with van der Waals surface area (Å²) in [4.78, 5) is 36.2. The summed E-state index contributed by atoms with van der Waals surface area (Å²) >= 11 is 0. The van der Waals surface area contributed by atoms with E-state index in [0.717, 1.165) is 0 Å². The SMILES string of the molecule is COC(=O)C(CC1CCNC1=O)NC(=O)[C@@H]1C[C@@H](OC(C)(C)C)CN1. The molecule has 25 heavy (non-hydrogen) atoms. The quantitative estimate of drug-likeness (QED) is 0.566. The summed E-state index contributed by atoms with van der Waals surface area (Å²) in [6.45, 7) is 7.10. The summed E-state index contributed by atoms with van der Waals surface area (Å²) in [5.74, 6) is -1.17. The molecule has 2 aliphatic rings. The largest absolute Gasteiger partial charge is 0.467 e. The van der Waals surface area contributed by atoms with Gasteiger partial charge in [-0.25, -0.2) is 4.79 Å². The van der Waals surface area contributed by atoms with Gasteiger partial charge in [0, 0.05) is 19.0 Å². The molecule has 2 saturated heterocycles. The Morgan fingerprint density at radius 3 is 2.64 bits per heavy atom.